The van der Waals surface area contributed by atoms with Gasteiger partial charge in [-0.1, -0.05) is 43.3 Å². The first kappa shape index (κ1) is 23.9. The number of rotatable bonds is 10. The molecular formula is C24H31BrN2O3. The molecule has 0 heterocycles. The van der Waals surface area contributed by atoms with Crippen molar-refractivity contribution in [3.8, 4) is 5.75 Å². The van der Waals surface area contributed by atoms with Gasteiger partial charge in [0.1, 0.15) is 11.8 Å². The highest BCUT2D eigenvalue weighted by molar-refractivity contribution is 9.10. The van der Waals surface area contributed by atoms with Crippen LogP contribution in [0.4, 0.5) is 0 Å². The van der Waals surface area contributed by atoms with Gasteiger partial charge in [0, 0.05) is 12.6 Å². The topological polar surface area (TPSA) is 58.6 Å². The van der Waals surface area contributed by atoms with Crippen molar-refractivity contribution < 1.29 is 14.3 Å². The van der Waals surface area contributed by atoms with Crippen LogP contribution in [0, 0.1) is 0 Å². The summed E-state index contributed by atoms with van der Waals surface area (Å²) in [7, 11) is 0. The van der Waals surface area contributed by atoms with E-state index < -0.39 is 6.04 Å². The van der Waals surface area contributed by atoms with E-state index in [-0.39, 0.29) is 24.5 Å². The van der Waals surface area contributed by atoms with E-state index >= 15 is 0 Å². The Morgan fingerprint density at radius 2 is 1.77 bits per heavy atom. The standard InChI is InChI=1S/C24H31BrN2O3/c1-5-19-11-12-22(21(25)15-19)30-16-23(28)27(18(4)24(29)26-17(2)3)14-13-20-9-7-6-8-10-20/h6-12,15,17-18H,5,13-14,16H2,1-4H3,(H,26,29)/t18-/m1/s1. The van der Waals surface area contributed by atoms with Gasteiger partial charge in [0.2, 0.25) is 5.91 Å². The van der Waals surface area contributed by atoms with Crippen molar-refractivity contribution in [2.45, 2.75) is 52.6 Å². The Balaban J connectivity index is 2.09. The monoisotopic (exact) mass is 474 g/mol. The molecule has 1 N–H and O–H groups in total. The third kappa shape index (κ3) is 7.17. The molecule has 0 fully saturated rings. The maximum atomic E-state index is 13.0. The predicted octanol–water partition coefficient (Wildman–Crippen LogP) is 4.37. The minimum absolute atomic E-state index is 0.00955. The zero-order chi connectivity index (χ0) is 22.1. The molecule has 6 heteroatoms. The highest BCUT2D eigenvalue weighted by Gasteiger charge is 2.26. The van der Waals surface area contributed by atoms with Crippen molar-refractivity contribution in [3.63, 3.8) is 0 Å². The maximum absolute atomic E-state index is 13.0. The molecule has 0 aliphatic heterocycles. The Morgan fingerprint density at radius 1 is 1.07 bits per heavy atom. The van der Waals surface area contributed by atoms with Gasteiger partial charge in [-0.2, -0.15) is 0 Å². The molecule has 162 valence electrons. The number of ether oxygens (including phenoxy) is 1. The van der Waals surface area contributed by atoms with Gasteiger partial charge in [-0.3, -0.25) is 9.59 Å². The zero-order valence-corrected chi connectivity index (χ0v) is 19.7. The van der Waals surface area contributed by atoms with Crippen molar-refractivity contribution in [1.82, 2.24) is 10.2 Å². The SMILES string of the molecule is CCc1ccc(OCC(=O)N(CCc2ccccc2)[C@H](C)C(=O)NC(C)C)c(Br)c1. The molecule has 2 rings (SSSR count). The number of nitrogens with one attached hydrogen (secondary N) is 1. The van der Waals surface area contributed by atoms with Crippen LogP contribution in [0.3, 0.4) is 0 Å². The Morgan fingerprint density at radius 3 is 2.37 bits per heavy atom. The fourth-order valence-corrected chi connectivity index (χ4v) is 3.62. The Hall–Kier alpha value is -2.34. The van der Waals surface area contributed by atoms with E-state index in [2.05, 4.69) is 28.2 Å². The average molecular weight is 475 g/mol. The van der Waals surface area contributed by atoms with Gasteiger partial charge in [-0.15, -0.1) is 0 Å². The fourth-order valence-electron chi connectivity index (χ4n) is 3.08. The van der Waals surface area contributed by atoms with E-state index in [0.29, 0.717) is 18.7 Å². The summed E-state index contributed by atoms with van der Waals surface area (Å²) in [5.74, 6) is 0.228. The first-order valence-corrected chi connectivity index (χ1v) is 11.2. The van der Waals surface area contributed by atoms with Gasteiger partial charge in [0.25, 0.3) is 5.91 Å². The lowest BCUT2D eigenvalue weighted by molar-refractivity contribution is -0.141. The summed E-state index contributed by atoms with van der Waals surface area (Å²) < 4.78 is 6.59. The van der Waals surface area contributed by atoms with Gasteiger partial charge in [0.15, 0.2) is 6.61 Å². The second-order valence-electron chi connectivity index (χ2n) is 7.57. The molecule has 1 atom stereocenters. The Bertz CT molecular complexity index is 840. The normalized spacial score (nSPS) is 11.8. The van der Waals surface area contributed by atoms with Crippen LogP contribution in [0.1, 0.15) is 38.8 Å². The lowest BCUT2D eigenvalue weighted by atomic mass is 10.1. The van der Waals surface area contributed by atoms with Crippen LogP contribution in [-0.2, 0) is 22.4 Å². The summed E-state index contributed by atoms with van der Waals surface area (Å²) in [6.45, 7) is 7.96. The summed E-state index contributed by atoms with van der Waals surface area (Å²) in [5.41, 5.74) is 2.30. The van der Waals surface area contributed by atoms with E-state index in [1.807, 2.05) is 62.4 Å². The van der Waals surface area contributed by atoms with E-state index in [4.69, 9.17) is 4.74 Å². The molecule has 0 aromatic heterocycles. The van der Waals surface area contributed by atoms with Crippen molar-refractivity contribution >= 4 is 27.7 Å². The molecule has 5 nitrogen and oxygen atoms in total. The van der Waals surface area contributed by atoms with E-state index in [1.165, 1.54) is 5.56 Å². The lowest BCUT2D eigenvalue weighted by Gasteiger charge is -2.29. The molecule has 2 amide bonds. The van der Waals surface area contributed by atoms with Crippen LogP contribution >= 0.6 is 15.9 Å². The molecule has 0 aliphatic rings. The predicted molar refractivity (Wildman–Crippen MR) is 124 cm³/mol. The third-order valence-corrected chi connectivity index (χ3v) is 5.46. The van der Waals surface area contributed by atoms with E-state index in [9.17, 15) is 9.59 Å². The number of nitrogens with zero attached hydrogens (tertiary/aromatic N) is 1. The summed E-state index contributed by atoms with van der Waals surface area (Å²) in [6.07, 6.45) is 1.59. The zero-order valence-electron chi connectivity index (χ0n) is 18.2. The van der Waals surface area contributed by atoms with Crippen LogP contribution in [-0.4, -0.2) is 41.9 Å². The van der Waals surface area contributed by atoms with Crippen LogP contribution in [0.2, 0.25) is 0 Å². The van der Waals surface area contributed by atoms with E-state index in [0.717, 1.165) is 16.5 Å². The van der Waals surface area contributed by atoms with Gasteiger partial charge < -0.3 is 15.0 Å². The molecule has 2 aromatic rings. The minimum atomic E-state index is -0.585. The summed E-state index contributed by atoms with van der Waals surface area (Å²) in [6, 6.07) is 15.2. The molecule has 0 bridgehead atoms. The molecule has 0 radical (unpaired) electrons. The van der Waals surface area contributed by atoms with Crippen molar-refractivity contribution in [2.24, 2.45) is 0 Å². The average Bonchev–Trinajstić information content (AvgIpc) is 2.73. The highest BCUT2D eigenvalue weighted by atomic mass is 79.9. The summed E-state index contributed by atoms with van der Waals surface area (Å²) in [4.78, 5) is 27.2. The Kier molecular flexibility index (Phi) is 9.37. The molecule has 0 saturated carbocycles. The van der Waals surface area contributed by atoms with Crippen LogP contribution in [0.15, 0.2) is 53.0 Å². The number of halogens is 1. The van der Waals surface area contributed by atoms with Crippen molar-refractivity contribution in [3.05, 3.63) is 64.1 Å². The largest absolute Gasteiger partial charge is 0.483 e. The van der Waals surface area contributed by atoms with Gasteiger partial charge in [-0.05, 0) is 72.8 Å². The van der Waals surface area contributed by atoms with E-state index in [1.54, 1.807) is 11.8 Å². The molecule has 0 saturated heterocycles. The van der Waals surface area contributed by atoms with Gasteiger partial charge in [0.05, 0.1) is 4.47 Å². The first-order valence-electron chi connectivity index (χ1n) is 10.4. The number of hydrogen-bond acceptors (Lipinski definition) is 3. The fraction of sp³-hybridized carbons (Fsp3) is 0.417. The van der Waals surface area contributed by atoms with Crippen molar-refractivity contribution in [2.75, 3.05) is 13.2 Å². The van der Waals surface area contributed by atoms with Crippen molar-refractivity contribution in [1.29, 1.82) is 0 Å². The molecule has 0 unspecified atom stereocenters. The first-order chi connectivity index (χ1) is 14.3. The number of amides is 2. The maximum Gasteiger partial charge on any atom is 0.261 e. The minimum Gasteiger partial charge on any atom is -0.483 e. The highest BCUT2D eigenvalue weighted by Crippen LogP contribution is 2.26. The Labute approximate surface area is 187 Å². The third-order valence-electron chi connectivity index (χ3n) is 4.84. The number of carbonyl (C=O) groups is 2. The molecule has 0 aliphatic carbocycles. The van der Waals surface area contributed by atoms with Gasteiger partial charge >= 0.3 is 0 Å². The number of carbonyl (C=O) groups excluding carboxylic acids is 2. The van der Waals surface area contributed by atoms with Crippen LogP contribution in [0.5, 0.6) is 5.75 Å². The number of aryl methyl sites for hydroxylation is 1. The van der Waals surface area contributed by atoms with Crippen LogP contribution in [0.25, 0.3) is 0 Å². The quantitative estimate of drug-likeness (QED) is 0.555. The molecular weight excluding hydrogens is 444 g/mol. The number of benzene rings is 2. The van der Waals surface area contributed by atoms with Crippen LogP contribution < -0.4 is 10.1 Å². The smallest absolute Gasteiger partial charge is 0.261 e. The summed E-state index contributed by atoms with van der Waals surface area (Å²) in [5, 5.41) is 2.89. The second-order valence-corrected chi connectivity index (χ2v) is 8.42. The molecule has 2 aromatic carbocycles. The summed E-state index contributed by atoms with van der Waals surface area (Å²) >= 11 is 3.50. The molecule has 30 heavy (non-hydrogen) atoms. The number of hydrogen-bond donors (Lipinski definition) is 1. The lowest BCUT2D eigenvalue weighted by Crippen LogP contribution is -2.51. The van der Waals surface area contributed by atoms with Gasteiger partial charge in [-0.25, -0.2) is 0 Å². The molecule has 0 spiro atoms. The second kappa shape index (κ2) is 11.7.